The molecule has 2 aromatic carbocycles. The maximum absolute atomic E-state index is 12.3. The first-order valence-corrected chi connectivity index (χ1v) is 9.15. The van der Waals surface area contributed by atoms with E-state index in [9.17, 15) is 9.59 Å². The Morgan fingerprint density at radius 1 is 1.07 bits per heavy atom. The van der Waals surface area contributed by atoms with E-state index in [4.69, 9.17) is 4.74 Å². The Bertz CT molecular complexity index is 1020. The molecule has 3 aromatic rings. The molecule has 1 heterocycles. The summed E-state index contributed by atoms with van der Waals surface area (Å²) in [7, 11) is 0. The van der Waals surface area contributed by atoms with Crippen molar-refractivity contribution in [2.45, 2.75) is 6.92 Å². The van der Waals surface area contributed by atoms with Gasteiger partial charge in [-0.25, -0.2) is 10.2 Å². The molecular formula is C21H16BrN3O3. The minimum absolute atomic E-state index is 0.326. The SMILES string of the molecule is Cc1ccc(C(=O)NN=Cc2cc(Br)ccc2OC(=O)c2ccccc2)cn1. The van der Waals surface area contributed by atoms with Crippen LogP contribution in [0.1, 0.15) is 32.0 Å². The van der Waals surface area contributed by atoms with E-state index in [1.165, 1.54) is 12.4 Å². The monoisotopic (exact) mass is 437 g/mol. The van der Waals surface area contributed by atoms with Gasteiger partial charge in [0.15, 0.2) is 0 Å². The van der Waals surface area contributed by atoms with Crippen LogP contribution in [0.15, 0.2) is 76.4 Å². The summed E-state index contributed by atoms with van der Waals surface area (Å²) in [5, 5.41) is 3.96. The Balaban J connectivity index is 1.73. The zero-order valence-corrected chi connectivity index (χ0v) is 16.5. The first-order chi connectivity index (χ1) is 13.5. The van der Waals surface area contributed by atoms with Crippen LogP contribution in [-0.4, -0.2) is 23.1 Å². The summed E-state index contributed by atoms with van der Waals surface area (Å²) < 4.78 is 6.25. The lowest BCUT2D eigenvalue weighted by Gasteiger charge is -2.08. The molecular weight excluding hydrogens is 422 g/mol. The Kier molecular flexibility index (Phi) is 6.29. The van der Waals surface area contributed by atoms with E-state index in [2.05, 4.69) is 31.4 Å². The fraction of sp³-hybridized carbons (Fsp3) is 0.0476. The fourth-order valence-electron chi connectivity index (χ4n) is 2.27. The van der Waals surface area contributed by atoms with E-state index in [1.54, 1.807) is 54.6 Å². The molecule has 0 radical (unpaired) electrons. The number of hydrogen-bond donors (Lipinski definition) is 1. The Morgan fingerprint density at radius 3 is 2.57 bits per heavy atom. The van der Waals surface area contributed by atoms with Crippen LogP contribution < -0.4 is 10.2 Å². The summed E-state index contributed by atoms with van der Waals surface area (Å²) >= 11 is 3.37. The molecule has 0 aliphatic rings. The second-order valence-corrected chi connectivity index (χ2v) is 6.74. The molecule has 0 fully saturated rings. The van der Waals surface area contributed by atoms with Gasteiger partial charge in [0, 0.05) is 21.9 Å². The van der Waals surface area contributed by atoms with Gasteiger partial charge in [0.25, 0.3) is 5.91 Å². The lowest BCUT2D eigenvalue weighted by atomic mass is 10.2. The standard InChI is InChI=1S/C21H16BrN3O3/c1-14-7-8-16(12-23-14)20(26)25-24-13-17-11-18(22)9-10-19(17)28-21(27)15-5-3-2-4-6-15/h2-13H,1H3,(H,25,26). The van der Waals surface area contributed by atoms with Crippen LogP contribution in [0, 0.1) is 6.92 Å². The average molecular weight is 438 g/mol. The molecule has 140 valence electrons. The van der Waals surface area contributed by atoms with Crippen LogP contribution in [-0.2, 0) is 0 Å². The molecule has 1 amide bonds. The van der Waals surface area contributed by atoms with Crippen molar-refractivity contribution in [1.29, 1.82) is 0 Å². The highest BCUT2D eigenvalue weighted by molar-refractivity contribution is 9.10. The number of aromatic nitrogens is 1. The molecule has 0 saturated carbocycles. The molecule has 0 aliphatic carbocycles. The number of halogens is 1. The maximum Gasteiger partial charge on any atom is 0.343 e. The number of esters is 1. The minimum Gasteiger partial charge on any atom is -0.422 e. The average Bonchev–Trinajstić information content (AvgIpc) is 2.71. The second kappa shape index (κ2) is 9.05. The summed E-state index contributed by atoms with van der Waals surface area (Å²) in [6.45, 7) is 1.84. The van der Waals surface area contributed by atoms with Crippen LogP contribution in [0.3, 0.4) is 0 Å². The number of hydrazone groups is 1. The number of pyridine rings is 1. The summed E-state index contributed by atoms with van der Waals surface area (Å²) in [6.07, 6.45) is 2.89. The van der Waals surface area contributed by atoms with E-state index in [1.807, 2.05) is 13.0 Å². The van der Waals surface area contributed by atoms with Gasteiger partial charge in [0.1, 0.15) is 5.75 Å². The van der Waals surface area contributed by atoms with E-state index < -0.39 is 5.97 Å². The second-order valence-electron chi connectivity index (χ2n) is 5.83. The molecule has 0 bridgehead atoms. The van der Waals surface area contributed by atoms with Gasteiger partial charge in [-0.2, -0.15) is 5.10 Å². The van der Waals surface area contributed by atoms with Crippen molar-refractivity contribution in [2.75, 3.05) is 0 Å². The summed E-state index contributed by atoms with van der Waals surface area (Å²) in [6, 6.07) is 17.2. The number of nitrogens with one attached hydrogen (secondary N) is 1. The highest BCUT2D eigenvalue weighted by Crippen LogP contribution is 2.23. The van der Waals surface area contributed by atoms with Gasteiger partial charge in [-0.3, -0.25) is 9.78 Å². The largest absolute Gasteiger partial charge is 0.422 e. The van der Waals surface area contributed by atoms with Gasteiger partial charge >= 0.3 is 5.97 Å². The Labute approximate surface area is 170 Å². The number of benzene rings is 2. The van der Waals surface area contributed by atoms with Crippen molar-refractivity contribution in [3.8, 4) is 5.75 Å². The molecule has 0 unspecified atom stereocenters. The van der Waals surface area contributed by atoms with Gasteiger partial charge < -0.3 is 4.74 Å². The molecule has 0 atom stereocenters. The van der Waals surface area contributed by atoms with Gasteiger partial charge in [0.05, 0.1) is 17.3 Å². The molecule has 0 spiro atoms. The molecule has 0 aliphatic heterocycles. The van der Waals surface area contributed by atoms with Gasteiger partial charge in [-0.05, 0) is 49.4 Å². The van der Waals surface area contributed by atoms with E-state index in [0.29, 0.717) is 22.4 Å². The van der Waals surface area contributed by atoms with Crippen LogP contribution >= 0.6 is 15.9 Å². The predicted octanol–water partition coefficient (Wildman–Crippen LogP) is 4.14. The molecule has 1 aromatic heterocycles. The minimum atomic E-state index is -0.479. The Morgan fingerprint density at radius 2 is 1.86 bits per heavy atom. The first-order valence-electron chi connectivity index (χ1n) is 8.36. The third kappa shape index (κ3) is 5.11. The maximum atomic E-state index is 12.3. The van der Waals surface area contributed by atoms with Gasteiger partial charge in [0.2, 0.25) is 0 Å². The normalized spacial score (nSPS) is 10.6. The highest BCUT2D eigenvalue weighted by atomic mass is 79.9. The van der Waals surface area contributed by atoms with Crippen LogP contribution in [0.25, 0.3) is 0 Å². The van der Waals surface area contributed by atoms with Crippen molar-refractivity contribution >= 4 is 34.0 Å². The third-order valence-electron chi connectivity index (χ3n) is 3.73. The smallest absolute Gasteiger partial charge is 0.343 e. The summed E-state index contributed by atoms with van der Waals surface area (Å²) in [5.41, 5.74) is 4.62. The van der Waals surface area contributed by atoms with E-state index in [0.717, 1.165) is 10.2 Å². The van der Waals surface area contributed by atoms with Crippen molar-refractivity contribution in [3.63, 3.8) is 0 Å². The quantitative estimate of drug-likeness (QED) is 0.281. The predicted molar refractivity (Wildman–Crippen MR) is 110 cm³/mol. The van der Waals surface area contributed by atoms with Crippen LogP contribution in [0.2, 0.25) is 0 Å². The van der Waals surface area contributed by atoms with E-state index in [-0.39, 0.29) is 5.91 Å². The molecule has 7 heteroatoms. The molecule has 3 rings (SSSR count). The summed E-state index contributed by atoms with van der Waals surface area (Å²) in [4.78, 5) is 28.5. The number of ether oxygens (including phenoxy) is 1. The molecule has 0 saturated heterocycles. The number of rotatable bonds is 5. The number of carbonyl (C=O) groups excluding carboxylic acids is 2. The van der Waals surface area contributed by atoms with Crippen LogP contribution in [0.5, 0.6) is 5.75 Å². The lowest BCUT2D eigenvalue weighted by Crippen LogP contribution is -2.18. The number of hydrogen-bond acceptors (Lipinski definition) is 5. The van der Waals surface area contributed by atoms with E-state index >= 15 is 0 Å². The summed E-state index contributed by atoms with van der Waals surface area (Å²) in [5.74, 6) is -0.541. The number of nitrogens with zero attached hydrogens (tertiary/aromatic N) is 2. The van der Waals surface area contributed by atoms with Crippen LogP contribution in [0.4, 0.5) is 0 Å². The number of carbonyl (C=O) groups is 2. The fourth-order valence-corrected chi connectivity index (χ4v) is 2.65. The zero-order chi connectivity index (χ0) is 19.9. The lowest BCUT2D eigenvalue weighted by molar-refractivity contribution is 0.0734. The number of amides is 1. The van der Waals surface area contributed by atoms with Crippen molar-refractivity contribution in [3.05, 3.63) is 93.7 Å². The Hall–Kier alpha value is -3.32. The zero-order valence-electron chi connectivity index (χ0n) is 14.9. The third-order valence-corrected chi connectivity index (χ3v) is 4.22. The molecule has 1 N–H and O–H groups in total. The highest BCUT2D eigenvalue weighted by Gasteiger charge is 2.11. The van der Waals surface area contributed by atoms with Gasteiger partial charge in [-0.1, -0.05) is 34.1 Å². The molecule has 6 nitrogen and oxygen atoms in total. The van der Waals surface area contributed by atoms with Crippen molar-refractivity contribution in [2.24, 2.45) is 5.10 Å². The first kappa shape index (κ1) is 19.4. The number of aryl methyl sites for hydroxylation is 1. The van der Waals surface area contributed by atoms with Crippen molar-refractivity contribution in [1.82, 2.24) is 10.4 Å². The van der Waals surface area contributed by atoms with Crippen molar-refractivity contribution < 1.29 is 14.3 Å². The molecule has 28 heavy (non-hydrogen) atoms. The van der Waals surface area contributed by atoms with Gasteiger partial charge in [-0.15, -0.1) is 0 Å². The topological polar surface area (TPSA) is 80.6 Å².